The van der Waals surface area contributed by atoms with Crippen molar-refractivity contribution in [2.24, 2.45) is 0 Å². The molecule has 0 atom stereocenters. The third-order valence-corrected chi connectivity index (χ3v) is 7.11. The summed E-state index contributed by atoms with van der Waals surface area (Å²) in [6.07, 6.45) is -23.2. The summed E-state index contributed by atoms with van der Waals surface area (Å²) in [4.78, 5) is 11.3. The van der Waals surface area contributed by atoms with Crippen molar-refractivity contribution in [1.82, 2.24) is 6.15 Å². The van der Waals surface area contributed by atoms with Gasteiger partial charge in [-0.15, -0.1) is 0 Å². The Kier molecular flexibility index (Phi) is 14.4. The Balaban J connectivity index is 0. The number of alkyl halides is 30. The Morgan fingerprint density at radius 2 is 0.500 bits per heavy atom. The van der Waals surface area contributed by atoms with Crippen LogP contribution >= 0.6 is 7.82 Å². The van der Waals surface area contributed by atoms with Crippen molar-refractivity contribution in [2.45, 2.75) is 96.3 Å². The highest BCUT2D eigenvalue weighted by Gasteiger charge is 2.94. The molecule has 0 aromatic carbocycles. The van der Waals surface area contributed by atoms with Gasteiger partial charge in [0.15, 0.2) is 0 Å². The van der Waals surface area contributed by atoms with Crippen LogP contribution in [0.5, 0.6) is 0 Å². The average molecular weight is 907 g/mol. The minimum absolute atomic E-state index is 0. The normalized spacial score (nSPS) is 16.4. The minimum Gasteiger partial charge on any atom is -0.756 e. The molecule has 0 bridgehead atoms. The first-order valence-corrected chi connectivity index (χ1v) is 13.1. The molecule has 0 spiro atoms. The highest BCUT2D eigenvalue weighted by molar-refractivity contribution is 7.45. The molecule has 4 N–H and O–H groups in total. The van der Waals surface area contributed by atoms with Gasteiger partial charge in [0.25, 0.3) is 7.82 Å². The second-order valence-electron chi connectivity index (χ2n) is 9.76. The fourth-order valence-electron chi connectivity index (χ4n) is 2.92. The molecule has 0 heterocycles. The topological polar surface area (TPSA) is 95.1 Å². The van der Waals surface area contributed by atoms with Gasteiger partial charge in [-0.05, 0) is 0 Å². The molecule has 0 aliphatic rings. The van der Waals surface area contributed by atoms with E-state index in [1.165, 1.54) is 0 Å². The van der Waals surface area contributed by atoms with Crippen molar-refractivity contribution in [3.8, 4) is 0 Å². The number of phosphoric acid groups is 1. The van der Waals surface area contributed by atoms with Crippen molar-refractivity contribution in [2.75, 3.05) is 13.2 Å². The van der Waals surface area contributed by atoms with Gasteiger partial charge in [0, 0.05) is 12.8 Å². The molecule has 0 amide bonds. The van der Waals surface area contributed by atoms with E-state index in [0.29, 0.717) is 0 Å². The van der Waals surface area contributed by atoms with E-state index in [-0.39, 0.29) is 6.15 Å². The zero-order chi connectivity index (χ0) is 43.7. The number of halogens is 30. The van der Waals surface area contributed by atoms with Crippen LogP contribution in [-0.4, -0.2) is 96.6 Å². The number of phosphoric ester groups is 1. The van der Waals surface area contributed by atoms with Crippen LogP contribution in [0, 0.1) is 0 Å². The van der Waals surface area contributed by atoms with Crippen LogP contribution in [0.1, 0.15) is 12.8 Å². The zero-order valence-corrected chi connectivity index (χ0v) is 25.1. The first-order chi connectivity index (χ1) is 22.4. The molecular weight excluding hydrogens is 895 g/mol. The summed E-state index contributed by atoms with van der Waals surface area (Å²) < 4.78 is 410. The number of hydrogen-bond donors (Lipinski definition) is 1. The van der Waals surface area contributed by atoms with E-state index >= 15 is 0 Å². The van der Waals surface area contributed by atoms with Crippen LogP contribution in [-0.2, 0) is 13.6 Å². The van der Waals surface area contributed by atoms with Gasteiger partial charge in [0.2, 0.25) is 0 Å². The minimum atomic E-state index is -8.80. The molecule has 0 aliphatic carbocycles. The van der Waals surface area contributed by atoms with E-state index in [0.717, 1.165) is 0 Å². The maximum atomic E-state index is 13.7. The first kappa shape index (κ1) is 54.1. The molecule has 0 saturated heterocycles. The summed E-state index contributed by atoms with van der Waals surface area (Å²) in [6, 6.07) is 0. The standard InChI is InChI=1S/C18H9F30O4P.H3N/c19-5(20,7(23,24)9(27,28)11(31,32)13(35,36)15(39,40)17(43,44)45)1-3-51-53(49,50)52-4-2-6(21,22)8(25,26)10(29,30)12(33,34)14(37,38)16(41,42)18(46,47)48;/h1-4H2,(H,49,50);1H3. The van der Waals surface area contributed by atoms with E-state index in [1.54, 1.807) is 0 Å². The van der Waals surface area contributed by atoms with Gasteiger partial charge in [-0.3, -0.25) is 4.57 Å². The second-order valence-corrected chi connectivity index (χ2v) is 11.2. The third-order valence-electron chi connectivity index (χ3n) is 6.12. The Morgan fingerprint density at radius 1 is 0.333 bits per heavy atom. The van der Waals surface area contributed by atoms with Gasteiger partial charge in [0.05, 0.1) is 13.2 Å². The zero-order valence-electron chi connectivity index (χ0n) is 24.2. The molecule has 328 valence electrons. The van der Waals surface area contributed by atoms with Crippen LogP contribution < -0.4 is 11.0 Å². The predicted octanol–water partition coefficient (Wildman–Crippen LogP) is 10.4. The van der Waals surface area contributed by atoms with Gasteiger partial charge in [-0.2, -0.15) is 132 Å². The Bertz CT molecular complexity index is 1240. The van der Waals surface area contributed by atoms with Crippen molar-refractivity contribution in [1.29, 1.82) is 0 Å². The van der Waals surface area contributed by atoms with E-state index in [2.05, 4.69) is 9.05 Å². The highest BCUT2D eigenvalue weighted by Crippen LogP contribution is 2.64. The summed E-state index contributed by atoms with van der Waals surface area (Å²) in [5, 5.41) is 0. The molecule has 5 nitrogen and oxygen atoms in total. The van der Waals surface area contributed by atoms with Gasteiger partial charge < -0.3 is 20.1 Å². The van der Waals surface area contributed by atoms with Gasteiger partial charge in [0.1, 0.15) is 0 Å². The lowest BCUT2D eigenvalue weighted by Gasteiger charge is -2.41. The maximum Gasteiger partial charge on any atom is 0.460 e. The van der Waals surface area contributed by atoms with Crippen LogP contribution in [0.2, 0.25) is 0 Å². The van der Waals surface area contributed by atoms with Gasteiger partial charge in [-0.1, -0.05) is 0 Å². The first-order valence-electron chi connectivity index (χ1n) is 11.7. The summed E-state index contributed by atoms with van der Waals surface area (Å²) in [7, 11) is -7.02. The van der Waals surface area contributed by atoms with E-state index in [1.807, 2.05) is 0 Å². The van der Waals surface area contributed by atoms with Crippen LogP contribution in [0.15, 0.2) is 0 Å². The lowest BCUT2D eigenvalue weighted by Crippen LogP contribution is -2.72. The van der Waals surface area contributed by atoms with Crippen molar-refractivity contribution >= 4 is 7.82 Å². The highest BCUT2D eigenvalue weighted by atomic mass is 31.2. The fraction of sp³-hybridized carbons (Fsp3) is 1.00. The van der Waals surface area contributed by atoms with E-state index < -0.39 is 117 Å². The summed E-state index contributed by atoms with van der Waals surface area (Å²) in [6.45, 7) is -6.06. The van der Waals surface area contributed by atoms with Crippen LogP contribution in [0.25, 0.3) is 0 Å². The Labute approximate surface area is 275 Å². The Morgan fingerprint density at radius 3 is 0.685 bits per heavy atom. The van der Waals surface area contributed by atoms with E-state index in [9.17, 15) is 141 Å². The molecule has 0 fully saturated rings. The number of rotatable bonds is 18. The molecule has 0 aromatic rings. The molecule has 0 saturated carbocycles. The molecule has 0 radical (unpaired) electrons. The molecule has 0 rings (SSSR count). The monoisotopic (exact) mass is 907 g/mol. The predicted molar refractivity (Wildman–Crippen MR) is 106 cm³/mol. The second kappa shape index (κ2) is 14.4. The van der Waals surface area contributed by atoms with Crippen LogP contribution in [0.3, 0.4) is 0 Å². The summed E-state index contributed by atoms with van der Waals surface area (Å²) in [5.41, 5.74) is 0. The smallest absolute Gasteiger partial charge is 0.460 e. The summed E-state index contributed by atoms with van der Waals surface area (Å²) >= 11 is 0. The number of hydrogen-bond acceptors (Lipinski definition) is 4. The third kappa shape index (κ3) is 8.05. The molecule has 36 heteroatoms. The van der Waals surface area contributed by atoms with Crippen molar-refractivity contribution in [3.05, 3.63) is 0 Å². The van der Waals surface area contributed by atoms with Crippen molar-refractivity contribution in [3.63, 3.8) is 0 Å². The largest absolute Gasteiger partial charge is 0.756 e. The molecule has 0 aromatic heterocycles. The molecule has 0 unspecified atom stereocenters. The fourth-order valence-corrected chi connectivity index (χ4v) is 3.63. The maximum absolute atomic E-state index is 13.7. The average Bonchev–Trinajstić information content (AvgIpc) is 2.90. The lowest BCUT2D eigenvalue weighted by molar-refractivity contribution is -0.452. The van der Waals surface area contributed by atoms with Gasteiger partial charge in [-0.25, -0.2) is 0 Å². The van der Waals surface area contributed by atoms with E-state index in [4.69, 9.17) is 0 Å². The van der Waals surface area contributed by atoms with Crippen LogP contribution in [0.4, 0.5) is 132 Å². The molecular formula is C18H12F30NO4P. The molecule has 54 heavy (non-hydrogen) atoms. The molecule has 0 aliphatic heterocycles. The van der Waals surface area contributed by atoms with Gasteiger partial charge >= 0.3 is 83.4 Å². The Hall–Kier alpha value is -2.03. The SMILES string of the molecule is O=P([O-])(OCCC(F)(F)C(F)(F)C(F)(F)C(F)(F)C(F)(F)C(F)(F)C(F)(F)F)OCCC(F)(F)C(F)(F)C(F)(F)C(F)(F)C(F)(F)C(F)(F)C(F)(F)F.[NH4+]. The summed E-state index contributed by atoms with van der Waals surface area (Å²) in [5.74, 6) is -100.0. The van der Waals surface area contributed by atoms with Crippen molar-refractivity contribution < 1.29 is 150 Å². The quantitative estimate of drug-likeness (QED) is 0.109. The lowest BCUT2D eigenvalue weighted by atomic mass is 9.90. The number of quaternary nitrogens is 1.